The van der Waals surface area contributed by atoms with E-state index in [1.807, 2.05) is 30.0 Å². The summed E-state index contributed by atoms with van der Waals surface area (Å²) in [7, 11) is 0. The van der Waals surface area contributed by atoms with Gasteiger partial charge in [-0.25, -0.2) is 4.79 Å². The number of ether oxygens (including phenoxy) is 2. The van der Waals surface area contributed by atoms with Crippen molar-refractivity contribution >= 4 is 23.3 Å². The van der Waals surface area contributed by atoms with E-state index in [0.29, 0.717) is 31.9 Å². The van der Waals surface area contributed by atoms with Crippen molar-refractivity contribution in [3.05, 3.63) is 63.2 Å². The maximum atomic E-state index is 12.8. The van der Waals surface area contributed by atoms with Crippen LogP contribution in [0.4, 0.5) is 11.4 Å². The molecule has 2 aromatic carbocycles. The molecule has 9 heteroatoms. The predicted octanol–water partition coefficient (Wildman–Crippen LogP) is 3.93. The van der Waals surface area contributed by atoms with Gasteiger partial charge in [0.2, 0.25) is 0 Å². The average molecular weight is 470 g/mol. The van der Waals surface area contributed by atoms with Crippen LogP contribution in [-0.4, -0.2) is 61.1 Å². The summed E-state index contributed by atoms with van der Waals surface area (Å²) in [6, 6.07) is 10.3. The van der Waals surface area contributed by atoms with Crippen molar-refractivity contribution in [2.75, 3.05) is 44.3 Å². The molecule has 0 spiro atoms. The third kappa shape index (κ3) is 5.84. The second-order valence-corrected chi connectivity index (χ2v) is 8.53. The van der Waals surface area contributed by atoms with Crippen molar-refractivity contribution in [1.82, 2.24) is 4.90 Å². The molecule has 1 aliphatic heterocycles. The number of aryl methyl sites for hydroxylation is 1. The predicted molar refractivity (Wildman–Crippen MR) is 129 cm³/mol. The number of amides is 1. The van der Waals surface area contributed by atoms with Gasteiger partial charge in [-0.1, -0.05) is 26.0 Å². The zero-order valence-corrected chi connectivity index (χ0v) is 20.1. The van der Waals surface area contributed by atoms with E-state index in [0.717, 1.165) is 16.9 Å². The van der Waals surface area contributed by atoms with Crippen molar-refractivity contribution < 1.29 is 24.0 Å². The normalized spacial score (nSPS) is 13.7. The maximum absolute atomic E-state index is 12.8. The largest absolute Gasteiger partial charge is 0.483 e. The summed E-state index contributed by atoms with van der Waals surface area (Å²) < 4.78 is 10.8. The molecule has 0 N–H and O–H groups in total. The number of esters is 1. The first-order valence-corrected chi connectivity index (χ1v) is 11.4. The van der Waals surface area contributed by atoms with Crippen LogP contribution in [-0.2, 0) is 9.53 Å². The minimum Gasteiger partial charge on any atom is -0.483 e. The number of anilines is 1. The Morgan fingerprint density at radius 3 is 2.41 bits per heavy atom. The lowest BCUT2D eigenvalue weighted by Crippen LogP contribution is -2.50. The van der Waals surface area contributed by atoms with E-state index in [1.165, 1.54) is 12.1 Å². The number of hydrogen-bond acceptors (Lipinski definition) is 7. The molecular formula is C25H31N3O6. The van der Waals surface area contributed by atoms with Crippen LogP contribution in [0.25, 0.3) is 0 Å². The van der Waals surface area contributed by atoms with Crippen molar-refractivity contribution in [3.8, 4) is 5.75 Å². The Bertz CT molecular complexity index is 1060. The lowest BCUT2D eigenvalue weighted by Gasteiger charge is -2.35. The van der Waals surface area contributed by atoms with Crippen LogP contribution in [0.1, 0.15) is 48.2 Å². The average Bonchev–Trinajstić information content (AvgIpc) is 2.82. The van der Waals surface area contributed by atoms with E-state index in [2.05, 4.69) is 13.8 Å². The molecule has 0 atom stereocenters. The van der Waals surface area contributed by atoms with Gasteiger partial charge in [0.1, 0.15) is 11.4 Å². The van der Waals surface area contributed by atoms with Gasteiger partial charge in [-0.05, 0) is 49.1 Å². The molecule has 1 aliphatic rings. The van der Waals surface area contributed by atoms with Crippen LogP contribution >= 0.6 is 0 Å². The molecular weight excluding hydrogens is 438 g/mol. The third-order valence-corrected chi connectivity index (χ3v) is 5.80. The molecule has 0 aliphatic carbocycles. The van der Waals surface area contributed by atoms with Crippen LogP contribution in [0, 0.1) is 17.0 Å². The summed E-state index contributed by atoms with van der Waals surface area (Å²) >= 11 is 0. The Hall–Kier alpha value is -3.62. The van der Waals surface area contributed by atoms with Gasteiger partial charge in [0.15, 0.2) is 6.61 Å². The molecule has 182 valence electrons. The number of nitro groups is 1. The Kier molecular flexibility index (Phi) is 8.09. The minimum absolute atomic E-state index is 0.0580. The monoisotopic (exact) mass is 469 g/mol. The molecule has 2 aromatic rings. The van der Waals surface area contributed by atoms with Crippen LogP contribution < -0.4 is 9.64 Å². The van der Waals surface area contributed by atoms with E-state index in [9.17, 15) is 19.7 Å². The smallest absolute Gasteiger partial charge is 0.338 e. The van der Waals surface area contributed by atoms with E-state index in [-0.39, 0.29) is 36.3 Å². The van der Waals surface area contributed by atoms with Crippen molar-refractivity contribution in [2.24, 2.45) is 0 Å². The highest BCUT2D eigenvalue weighted by Crippen LogP contribution is 2.31. The SMILES string of the molecule is CCOC(=O)c1ccc(N2CCN(C(=O)COc3cc(C)ccc3C(C)C)CC2)c([N+](=O)[O-])c1. The van der Waals surface area contributed by atoms with Crippen molar-refractivity contribution in [2.45, 2.75) is 33.6 Å². The molecule has 9 nitrogen and oxygen atoms in total. The number of carbonyl (C=O) groups excluding carboxylic acids is 2. The second kappa shape index (κ2) is 11.0. The van der Waals surface area contributed by atoms with Crippen molar-refractivity contribution in [3.63, 3.8) is 0 Å². The molecule has 1 heterocycles. The van der Waals surface area contributed by atoms with Crippen LogP contribution in [0.5, 0.6) is 5.75 Å². The molecule has 0 unspecified atom stereocenters. The van der Waals surface area contributed by atoms with Gasteiger partial charge >= 0.3 is 5.97 Å². The highest BCUT2D eigenvalue weighted by Gasteiger charge is 2.27. The van der Waals surface area contributed by atoms with Crippen LogP contribution in [0.15, 0.2) is 36.4 Å². The van der Waals surface area contributed by atoms with E-state index in [1.54, 1.807) is 17.9 Å². The first-order valence-electron chi connectivity index (χ1n) is 11.4. The lowest BCUT2D eigenvalue weighted by molar-refractivity contribution is -0.384. The number of rotatable bonds is 8. The fourth-order valence-electron chi connectivity index (χ4n) is 3.95. The molecule has 1 saturated heterocycles. The van der Waals surface area contributed by atoms with Crippen molar-refractivity contribution in [1.29, 1.82) is 0 Å². The summed E-state index contributed by atoms with van der Waals surface area (Å²) in [5, 5.41) is 11.6. The molecule has 0 radical (unpaired) electrons. The van der Waals surface area contributed by atoms with Gasteiger partial charge in [0.25, 0.3) is 11.6 Å². The number of piperazine rings is 1. The molecule has 0 aromatic heterocycles. The number of hydrogen-bond donors (Lipinski definition) is 0. The summed E-state index contributed by atoms with van der Waals surface area (Å²) in [4.78, 5) is 39.4. The zero-order chi connectivity index (χ0) is 24.8. The topological polar surface area (TPSA) is 102 Å². The third-order valence-electron chi connectivity index (χ3n) is 5.80. The number of benzene rings is 2. The van der Waals surface area contributed by atoms with Gasteiger partial charge in [-0.2, -0.15) is 0 Å². The molecule has 3 rings (SSSR count). The highest BCUT2D eigenvalue weighted by atomic mass is 16.6. The summed E-state index contributed by atoms with van der Waals surface area (Å²) in [6.07, 6.45) is 0. The summed E-state index contributed by atoms with van der Waals surface area (Å²) in [6.45, 7) is 9.67. The molecule has 34 heavy (non-hydrogen) atoms. The summed E-state index contributed by atoms with van der Waals surface area (Å²) in [5.74, 6) is 0.282. The fraction of sp³-hybridized carbons (Fsp3) is 0.440. The Morgan fingerprint density at radius 1 is 1.09 bits per heavy atom. The van der Waals surface area contributed by atoms with E-state index < -0.39 is 10.9 Å². The van der Waals surface area contributed by atoms with Gasteiger partial charge < -0.3 is 19.3 Å². The van der Waals surface area contributed by atoms with Crippen LogP contribution in [0.2, 0.25) is 0 Å². The van der Waals surface area contributed by atoms with Gasteiger partial charge in [0, 0.05) is 32.2 Å². The maximum Gasteiger partial charge on any atom is 0.338 e. The first-order chi connectivity index (χ1) is 16.2. The highest BCUT2D eigenvalue weighted by molar-refractivity contribution is 5.91. The van der Waals surface area contributed by atoms with Gasteiger partial charge in [-0.15, -0.1) is 0 Å². The molecule has 0 saturated carbocycles. The lowest BCUT2D eigenvalue weighted by atomic mass is 10.0. The first kappa shape index (κ1) is 25.0. The van der Waals surface area contributed by atoms with E-state index in [4.69, 9.17) is 9.47 Å². The molecule has 1 fully saturated rings. The number of nitrogens with zero attached hydrogens (tertiary/aromatic N) is 3. The minimum atomic E-state index is -0.596. The Morgan fingerprint density at radius 2 is 1.79 bits per heavy atom. The fourth-order valence-corrected chi connectivity index (χ4v) is 3.95. The Labute approximate surface area is 199 Å². The molecule has 0 bridgehead atoms. The van der Waals surface area contributed by atoms with E-state index >= 15 is 0 Å². The van der Waals surface area contributed by atoms with Gasteiger partial charge in [0.05, 0.1) is 17.1 Å². The number of nitro benzene ring substituents is 1. The zero-order valence-electron chi connectivity index (χ0n) is 20.1. The second-order valence-electron chi connectivity index (χ2n) is 8.53. The van der Waals surface area contributed by atoms with Gasteiger partial charge in [-0.3, -0.25) is 14.9 Å². The molecule has 1 amide bonds. The standard InChI is InChI=1S/C25H31N3O6/c1-5-33-25(30)19-7-9-21(22(15-19)28(31)32)26-10-12-27(13-11-26)24(29)16-34-23-14-18(4)6-8-20(23)17(2)3/h6-9,14-15,17H,5,10-13,16H2,1-4H3. The van der Waals surface area contributed by atoms with Crippen LogP contribution in [0.3, 0.4) is 0 Å². The quantitative estimate of drug-likeness (QED) is 0.328. The Balaban J connectivity index is 1.63. The number of carbonyl (C=O) groups is 2. The summed E-state index contributed by atoms with van der Waals surface area (Å²) in [5.41, 5.74) is 2.52.